The smallest absolute Gasteiger partial charge is 0.222 e. The van der Waals surface area contributed by atoms with E-state index in [4.69, 9.17) is 4.74 Å². The third-order valence-corrected chi connectivity index (χ3v) is 2.35. The first kappa shape index (κ1) is 12.2. The highest BCUT2D eigenvalue weighted by Gasteiger charge is 2.17. The van der Waals surface area contributed by atoms with Crippen molar-refractivity contribution in [2.75, 3.05) is 19.7 Å². The minimum atomic E-state index is 0.0229. The SMILES string of the molecule is C=CCC(C)NC(=O)CC1CNCCO1. The Labute approximate surface area is 91.1 Å². The lowest BCUT2D eigenvalue weighted by Crippen LogP contribution is -2.42. The molecule has 0 spiro atoms. The van der Waals surface area contributed by atoms with Gasteiger partial charge in [0.15, 0.2) is 0 Å². The molecule has 0 aromatic carbocycles. The Morgan fingerprint density at radius 2 is 2.60 bits per heavy atom. The largest absolute Gasteiger partial charge is 0.375 e. The molecule has 1 aliphatic heterocycles. The van der Waals surface area contributed by atoms with Gasteiger partial charge in [0.25, 0.3) is 0 Å². The van der Waals surface area contributed by atoms with E-state index in [1.807, 2.05) is 13.0 Å². The Kier molecular flexibility index (Phi) is 5.36. The van der Waals surface area contributed by atoms with E-state index in [0.717, 1.165) is 19.5 Å². The molecule has 0 saturated carbocycles. The first-order chi connectivity index (χ1) is 7.22. The quantitative estimate of drug-likeness (QED) is 0.650. The Morgan fingerprint density at radius 1 is 1.80 bits per heavy atom. The maximum atomic E-state index is 11.5. The fourth-order valence-electron chi connectivity index (χ4n) is 1.60. The number of morpholine rings is 1. The van der Waals surface area contributed by atoms with Crippen LogP contribution in [0.1, 0.15) is 19.8 Å². The zero-order valence-corrected chi connectivity index (χ0v) is 9.29. The monoisotopic (exact) mass is 212 g/mol. The normalized spacial score (nSPS) is 23.1. The molecule has 0 aliphatic carbocycles. The summed E-state index contributed by atoms with van der Waals surface area (Å²) in [5, 5.41) is 6.11. The number of hydrogen-bond donors (Lipinski definition) is 2. The number of ether oxygens (including phenoxy) is 1. The second kappa shape index (κ2) is 6.58. The molecular weight excluding hydrogens is 192 g/mol. The van der Waals surface area contributed by atoms with Crippen molar-refractivity contribution in [1.29, 1.82) is 0 Å². The maximum absolute atomic E-state index is 11.5. The summed E-state index contributed by atoms with van der Waals surface area (Å²) >= 11 is 0. The lowest BCUT2D eigenvalue weighted by atomic mass is 10.2. The number of nitrogens with one attached hydrogen (secondary N) is 2. The van der Waals surface area contributed by atoms with E-state index >= 15 is 0 Å². The van der Waals surface area contributed by atoms with Crippen molar-refractivity contribution >= 4 is 5.91 Å². The molecule has 1 saturated heterocycles. The molecule has 1 fully saturated rings. The molecule has 4 nitrogen and oxygen atoms in total. The van der Waals surface area contributed by atoms with E-state index in [0.29, 0.717) is 13.0 Å². The van der Waals surface area contributed by atoms with Gasteiger partial charge in [-0.1, -0.05) is 6.08 Å². The van der Waals surface area contributed by atoms with Gasteiger partial charge in [0.1, 0.15) is 0 Å². The Balaban J connectivity index is 2.19. The summed E-state index contributed by atoms with van der Waals surface area (Å²) in [6.07, 6.45) is 3.07. The number of carbonyl (C=O) groups excluding carboxylic acids is 1. The molecule has 0 radical (unpaired) electrons. The molecule has 2 atom stereocenters. The van der Waals surface area contributed by atoms with Crippen LogP contribution in [0.5, 0.6) is 0 Å². The molecule has 86 valence electrons. The van der Waals surface area contributed by atoms with Crippen molar-refractivity contribution in [2.24, 2.45) is 0 Å². The average molecular weight is 212 g/mol. The number of hydrogen-bond acceptors (Lipinski definition) is 3. The van der Waals surface area contributed by atoms with E-state index < -0.39 is 0 Å². The first-order valence-corrected chi connectivity index (χ1v) is 5.45. The van der Waals surface area contributed by atoms with Gasteiger partial charge in [0.05, 0.1) is 19.1 Å². The predicted octanol–water partition coefficient (Wildman–Crippen LogP) is 0.446. The van der Waals surface area contributed by atoms with Crippen molar-refractivity contribution in [3.8, 4) is 0 Å². The van der Waals surface area contributed by atoms with Crippen LogP contribution in [0, 0.1) is 0 Å². The van der Waals surface area contributed by atoms with Crippen molar-refractivity contribution in [1.82, 2.24) is 10.6 Å². The van der Waals surface area contributed by atoms with Gasteiger partial charge in [0.2, 0.25) is 5.91 Å². The van der Waals surface area contributed by atoms with Crippen molar-refractivity contribution in [3.63, 3.8) is 0 Å². The van der Waals surface area contributed by atoms with Gasteiger partial charge >= 0.3 is 0 Å². The average Bonchev–Trinajstić information content (AvgIpc) is 2.19. The molecule has 1 heterocycles. The fourth-order valence-corrected chi connectivity index (χ4v) is 1.60. The number of amides is 1. The van der Waals surface area contributed by atoms with E-state index in [9.17, 15) is 4.79 Å². The van der Waals surface area contributed by atoms with Gasteiger partial charge in [-0.05, 0) is 13.3 Å². The maximum Gasteiger partial charge on any atom is 0.222 e. The molecular formula is C11H20N2O2. The summed E-state index contributed by atoms with van der Waals surface area (Å²) in [5.74, 6) is 0.0538. The number of rotatable bonds is 5. The van der Waals surface area contributed by atoms with Crippen LogP contribution >= 0.6 is 0 Å². The Morgan fingerprint density at radius 3 is 3.20 bits per heavy atom. The van der Waals surface area contributed by atoms with Crippen molar-refractivity contribution in [2.45, 2.75) is 31.9 Å². The van der Waals surface area contributed by atoms with E-state index in [2.05, 4.69) is 17.2 Å². The van der Waals surface area contributed by atoms with E-state index in [1.54, 1.807) is 0 Å². The highest BCUT2D eigenvalue weighted by atomic mass is 16.5. The number of carbonyl (C=O) groups is 1. The van der Waals surface area contributed by atoms with Crippen LogP contribution in [0.15, 0.2) is 12.7 Å². The van der Waals surface area contributed by atoms with Crippen molar-refractivity contribution in [3.05, 3.63) is 12.7 Å². The van der Waals surface area contributed by atoms with Crippen LogP contribution in [0.2, 0.25) is 0 Å². The zero-order chi connectivity index (χ0) is 11.1. The summed E-state index contributed by atoms with van der Waals surface area (Å²) in [7, 11) is 0. The molecule has 1 amide bonds. The molecule has 1 aliphatic rings. The second-order valence-electron chi connectivity index (χ2n) is 3.89. The van der Waals surface area contributed by atoms with Crippen molar-refractivity contribution < 1.29 is 9.53 Å². The molecule has 0 aromatic heterocycles. The van der Waals surface area contributed by atoms with Gasteiger partial charge in [-0.15, -0.1) is 6.58 Å². The Bertz CT molecular complexity index is 213. The third kappa shape index (κ3) is 4.95. The first-order valence-electron chi connectivity index (χ1n) is 5.45. The van der Waals surface area contributed by atoms with Gasteiger partial charge in [-0.3, -0.25) is 4.79 Å². The summed E-state index contributed by atoms with van der Waals surface area (Å²) in [5.41, 5.74) is 0. The van der Waals surface area contributed by atoms with Crippen LogP contribution in [0.3, 0.4) is 0 Å². The van der Waals surface area contributed by atoms with Gasteiger partial charge < -0.3 is 15.4 Å². The fraction of sp³-hybridized carbons (Fsp3) is 0.727. The summed E-state index contributed by atoms with van der Waals surface area (Å²) < 4.78 is 5.45. The highest BCUT2D eigenvalue weighted by Crippen LogP contribution is 2.02. The molecule has 15 heavy (non-hydrogen) atoms. The lowest BCUT2D eigenvalue weighted by Gasteiger charge is -2.23. The minimum absolute atomic E-state index is 0.0229. The van der Waals surface area contributed by atoms with Crippen LogP contribution in [0.4, 0.5) is 0 Å². The minimum Gasteiger partial charge on any atom is -0.375 e. The van der Waals surface area contributed by atoms with Crippen LogP contribution in [0.25, 0.3) is 0 Å². The standard InChI is InChI=1S/C11H20N2O2/c1-3-4-9(2)13-11(14)7-10-8-12-5-6-15-10/h3,9-10,12H,1,4-8H2,2H3,(H,13,14). The molecule has 0 bridgehead atoms. The molecule has 2 N–H and O–H groups in total. The van der Waals surface area contributed by atoms with E-state index in [-0.39, 0.29) is 18.1 Å². The lowest BCUT2D eigenvalue weighted by molar-refractivity contribution is -0.125. The topological polar surface area (TPSA) is 50.4 Å². The highest BCUT2D eigenvalue weighted by molar-refractivity contribution is 5.76. The molecule has 4 heteroatoms. The third-order valence-electron chi connectivity index (χ3n) is 2.35. The molecule has 0 aromatic rings. The molecule has 2 unspecified atom stereocenters. The second-order valence-corrected chi connectivity index (χ2v) is 3.89. The zero-order valence-electron chi connectivity index (χ0n) is 9.29. The summed E-state index contributed by atoms with van der Waals surface area (Å²) in [6, 6.07) is 0.159. The van der Waals surface area contributed by atoms with E-state index in [1.165, 1.54) is 0 Å². The summed E-state index contributed by atoms with van der Waals surface area (Å²) in [6.45, 7) is 7.95. The van der Waals surface area contributed by atoms with Crippen LogP contribution in [-0.4, -0.2) is 37.7 Å². The van der Waals surface area contributed by atoms with Gasteiger partial charge in [-0.25, -0.2) is 0 Å². The summed E-state index contributed by atoms with van der Waals surface area (Å²) in [4.78, 5) is 11.5. The van der Waals surface area contributed by atoms with Crippen LogP contribution in [-0.2, 0) is 9.53 Å². The molecule has 1 rings (SSSR count). The van der Waals surface area contributed by atoms with Crippen LogP contribution < -0.4 is 10.6 Å². The predicted molar refractivity (Wildman–Crippen MR) is 59.6 cm³/mol. The van der Waals surface area contributed by atoms with Gasteiger partial charge in [0, 0.05) is 19.1 Å². The Hall–Kier alpha value is -0.870. The van der Waals surface area contributed by atoms with Gasteiger partial charge in [-0.2, -0.15) is 0 Å².